The molecule has 3 rings (SSSR count). The van der Waals surface area contributed by atoms with Crippen LogP contribution in [-0.4, -0.2) is 25.3 Å². The van der Waals surface area contributed by atoms with Crippen LogP contribution in [0, 0.1) is 0 Å². The summed E-state index contributed by atoms with van der Waals surface area (Å²) in [6.07, 6.45) is 0.843. The summed E-state index contributed by atoms with van der Waals surface area (Å²) in [6.45, 7) is 2.15. The smallest absolute Gasteiger partial charge is 0.280 e. The minimum Gasteiger partial charge on any atom is -0.497 e. The number of nitrogens with zero attached hydrogens (tertiary/aromatic N) is 1. The summed E-state index contributed by atoms with van der Waals surface area (Å²) in [6, 6.07) is 24.5. The van der Waals surface area contributed by atoms with Gasteiger partial charge in [-0.15, -0.1) is 0 Å². The Hall–Kier alpha value is -3.80. The van der Waals surface area contributed by atoms with Crippen molar-refractivity contribution in [2.75, 3.05) is 7.11 Å². The van der Waals surface area contributed by atoms with Gasteiger partial charge in [0.2, 0.25) is 0 Å². The maximum atomic E-state index is 12.2. The van der Waals surface area contributed by atoms with Gasteiger partial charge < -0.3 is 14.2 Å². The molecule has 0 saturated heterocycles. The molecule has 0 spiro atoms. The molecule has 0 aliphatic carbocycles. The number of methoxy groups -OCH3 is 1. The molecule has 0 radical (unpaired) electrons. The maximum absolute atomic E-state index is 12.2. The Morgan fingerprint density at radius 3 is 2.43 bits per heavy atom. The molecule has 3 aromatic rings. The predicted octanol–water partition coefficient (Wildman–Crippen LogP) is 4.19. The van der Waals surface area contributed by atoms with Crippen molar-refractivity contribution in [3.63, 3.8) is 0 Å². The second-order valence-electron chi connectivity index (χ2n) is 6.52. The largest absolute Gasteiger partial charge is 0.497 e. The Labute approximate surface area is 176 Å². The zero-order valence-corrected chi connectivity index (χ0v) is 16.9. The molecule has 1 N–H and O–H groups in total. The number of hydrogen-bond acceptors (Lipinski definition) is 5. The number of rotatable bonds is 9. The Morgan fingerprint density at radius 2 is 1.70 bits per heavy atom. The third-order valence-electron chi connectivity index (χ3n) is 4.24. The van der Waals surface area contributed by atoms with E-state index in [1.807, 2.05) is 66.7 Å². The lowest BCUT2D eigenvalue weighted by Crippen LogP contribution is -2.33. The fraction of sp³-hybridized carbons (Fsp3) is 0.167. The molecule has 6 nitrogen and oxygen atoms in total. The summed E-state index contributed by atoms with van der Waals surface area (Å²) in [7, 11) is 1.60. The highest BCUT2D eigenvalue weighted by molar-refractivity contribution is 5.84. The molecule has 154 valence electrons. The first-order valence-electron chi connectivity index (χ1n) is 9.54. The Morgan fingerprint density at radius 1 is 0.967 bits per heavy atom. The first kappa shape index (κ1) is 20.9. The van der Waals surface area contributed by atoms with Crippen molar-refractivity contribution in [2.45, 2.75) is 19.6 Å². The van der Waals surface area contributed by atoms with Crippen molar-refractivity contribution in [1.82, 2.24) is 5.43 Å². The highest BCUT2D eigenvalue weighted by Gasteiger charge is 2.14. The average Bonchev–Trinajstić information content (AvgIpc) is 2.79. The Bertz CT molecular complexity index is 972. The summed E-state index contributed by atoms with van der Waals surface area (Å²) in [5.41, 5.74) is 4.39. The van der Waals surface area contributed by atoms with Gasteiger partial charge in [-0.05, 0) is 54.4 Å². The molecule has 0 bridgehead atoms. The molecular formula is C24H24N2O4. The number of carbonyl (C=O) groups excluding carboxylic acids is 1. The first-order valence-corrected chi connectivity index (χ1v) is 9.54. The third-order valence-corrected chi connectivity index (χ3v) is 4.24. The van der Waals surface area contributed by atoms with Crippen molar-refractivity contribution >= 4 is 12.1 Å². The van der Waals surface area contributed by atoms with Gasteiger partial charge in [0.05, 0.1) is 13.3 Å². The van der Waals surface area contributed by atoms with Crippen LogP contribution in [0.1, 0.15) is 18.1 Å². The van der Waals surface area contributed by atoms with E-state index < -0.39 is 6.10 Å². The summed E-state index contributed by atoms with van der Waals surface area (Å²) in [5.74, 6) is 1.67. The predicted molar refractivity (Wildman–Crippen MR) is 116 cm³/mol. The van der Waals surface area contributed by atoms with E-state index in [-0.39, 0.29) is 5.91 Å². The second-order valence-corrected chi connectivity index (χ2v) is 6.52. The van der Waals surface area contributed by atoms with Gasteiger partial charge in [-0.1, -0.05) is 42.5 Å². The minimum absolute atomic E-state index is 0.349. The summed E-state index contributed by atoms with van der Waals surface area (Å²) in [5, 5.41) is 3.97. The molecular weight excluding hydrogens is 380 g/mol. The summed E-state index contributed by atoms with van der Waals surface area (Å²) >= 11 is 0. The van der Waals surface area contributed by atoms with E-state index >= 15 is 0 Å². The number of hydrazone groups is 1. The number of benzene rings is 3. The van der Waals surface area contributed by atoms with Gasteiger partial charge in [0.15, 0.2) is 6.10 Å². The normalized spacial score (nSPS) is 11.7. The van der Waals surface area contributed by atoms with E-state index in [1.54, 1.807) is 32.4 Å². The first-order chi connectivity index (χ1) is 14.6. The number of hydrogen-bond donors (Lipinski definition) is 1. The molecule has 0 aromatic heterocycles. The van der Waals surface area contributed by atoms with Crippen LogP contribution in [0.4, 0.5) is 0 Å². The van der Waals surface area contributed by atoms with Crippen molar-refractivity contribution in [2.24, 2.45) is 5.10 Å². The fourth-order valence-electron chi connectivity index (χ4n) is 2.60. The van der Waals surface area contributed by atoms with E-state index in [0.29, 0.717) is 12.4 Å². The van der Waals surface area contributed by atoms with E-state index in [2.05, 4.69) is 10.5 Å². The van der Waals surface area contributed by atoms with Gasteiger partial charge in [0.25, 0.3) is 5.91 Å². The summed E-state index contributed by atoms with van der Waals surface area (Å²) in [4.78, 5) is 12.2. The van der Waals surface area contributed by atoms with Crippen LogP contribution >= 0.6 is 0 Å². The van der Waals surface area contributed by atoms with Gasteiger partial charge in [0.1, 0.15) is 23.9 Å². The Balaban J connectivity index is 1.46. The topological polar surface area (TPSA) is 69.2 Å². The zero-order chi connectivity index (χ0) is 21.2. The standard InChI is InChI=1S/C24H24N2O4/c1-18(24(27)26-25-16-20-9-6-10-23(15-20)28-2)30-22-13-11-21(12-14-22)29-17-19-7-4-3-5-8-19/h3-16,18H,17H2,1-2H3,(H,26,27)/b25-16-. The van der Waals surface area contributed by atoms with Crippen LogP contribution in [0.15, 0.2) is 84.0 Å². The molecule has 0 aliphatic heterocycles. The number of ether oxygens (including phenoxy) is 3. The van der Waals surface area contributed by atoms with Crippen molar-refractivity contribution in [3.05, 3.63) is 90.0 Å². The van der Waals surface area contributed by atoms with Crippen LogP contribution in [-0.2, 0) is 11.4 Å². The minimum atomic E-state index is -0.705. The van der Waals surface area contributed by atoms with Gasteiger partial charge >= 0.3 is 0 Å². The van der Waals surface area contributed by atoms with E-state index in [1.165, 1.54) is 0 Å². The van der Waals surface area contributed by atoms with Gasteiger partial charge in [-0.2, -0.15) is 5.10 Å². The van der Waals surface area contributed by atoms with Gasteiger partial charge in [-0.3, -0.25) is 4.79 Å². The van der Waals surface area contributed by atoms with E-state index in [4.69, 9.17) is 14.2 Å². The molecule has 30 heavy (non-hydrogen) atoms. The van der Waals surface area contributed by atoms with Gasteiger partial charge in [0, 0.05) is 0 Å². The molecule has 3 aromatic carbocycles. The maximum Gasteiger partial charge on any atom is 0.280 e. The van der Waals surface area contributed by atoms with Crippen molar-refractivity contribution in [3.8, 4) is 17.2 Å². The zero-order valence-electron chi connectivity index (χ0n) is 16.9. The number of amides is 1. The highest BCUT2D eigenvalue weighted by Crippen LogP contribution is 2.19. The molecule has 1 unspecified atom stereocenters. The highest BCUT2D eigenvalue weighted by atomic mass is 16.5. The molecule has 0 saturated carbocycles. The molecule has 0 heterocycles. The molecule has 1 atom stereocenters. The van der Waals surface area contributed by atoms with Crippen LogP contribution in [0.5, 0.6) is 17.2 Å². The monoisotopic (exact) mass is 404 g/mol. The lowest BCUT2D eigenvalue weighted by molar-refractivity contribution is -0.127. The molecule has 1 amide bonds. The van der Waals surface area contributed by atoms with Gasteiger partial charge in [-0.25, -0.2) is 5.43 Å². The molecule has 0 aliphatic rings. The van der Waals surface area contributed by atoms with E-state index in [9.17, 15) is 4.79 Å². The average molecular weight is 404 g/mol. The van der Waals surface area contributed by atoms with Crippen LogP contribution in [0.25, 0.3) is 0 Å². The van der Waals surface area contributed by atoms with Crippen LogP contribution < -0.4 is 19.6 Å². The molecule has 6 heteroatoms. The summed E-state index contributed by atoms with van der Waals surface area (Å²) < 4.78 is 16.6. The molecule has 0 fully saturated rings. The van der Waals surface area contributed by atoms with Crippen LogP contribution in [0.2, 0.25) is 0 Å². The van der Waals surface area contributed by atoms with Crippen LogP contribution in [0.3, 0.4) is 0 Å². The lowest BCUT2D eigenvalue weighted by Gasteiger charge is -2.13. The van der Waals surface area contributed by atoms with Crippen molar-refractivity contribution in [1.29, 1.82) is 0 Å². The third kappa shape index (κ3) is 6.38. The fourth-order valence-corrected chi connectivity index (χ4v) is 2.60. The van der Waals surface area contributed by atoms with E-state index in [0.717, 1.165) is 22.6 Å². The number of nitrogens with one attached hydrogen (secondary N) is 1. The SMILES string of the molecule is COc1cccc(/C=N\NC(=O)C(C)Oc2ccc(OCc3ccccc3)cc2)c1. The second kappa shape index (κ2) is 10.7. The number of carbonyl (C=O) groups is 1. The Kier molecular flexibility index (Phi) is 7.44. The quantitative estimate of drug-likeness (QED) is 0.429. The lowest BCUT2D eigenvalue weighted by atomic mass is 10.2. The van der Waals surface area contributed by atoms with Crippen molar-refractivity contribution < 1.29 is 19.0 Å².